The molecule has 0 saturated carbocycles. The Morgan fingerprint density at radius 1 is 0.415 bits per heavy atom. The summed E-state index contributed by atoms with van der Waals surface area (Å²) in [5.41, 5.74) is 7.94. The zero-order chi connectivity index (χ0) is 28.0. The Labute approximate surface area is 253 Å². The zero-order valence-electron chi connectivity index (χ0n) is 21.6. The van der Waals surface area contributed by atoms with Crippen LogP contribution in [0.5, 0.6) is 0 Å². The molecule has 41 heavy (non-hydrogen) atoms. The van der Waals surface area contributed by atoms with Crippen LogP contribution in [0.2, 0.25) is 0 Å². The molecular formula is C32H24AgN5O3. The normalized spacial score (nSPS) is 9.56. The number of hydrogen-bond donors (Lipinski definition) is 0. The first-order valence-corrected chi connectivity index (χ1v) is 12.3. The summed E-state index contributed by atoms with van der Waals surface area (Å²) in [5.74, 6) is 0. The van der Waals surface area contributed by atoms with Crippen molar-refractivity contribution in [2.45, 2.75) is 0 Å². The quantitative estimate of drug-likeness (QED) is 0.113. The number of aromatic nitrogens is 4. The van der Waals surface area contributed by atoms with Crippen LogP contribution in [-0.4, -0.2) is 25.0 Å². The minimum atomic E-state index is -1.75. The van der Waals surface area contributed by atoms with Crippen molar-refractivity contribution >= 4 is 0 Å². The van der Waals surface area contributed by atoms with Gasteiger partial charge in [-0.2, -0.15) is 0 Å². The monoisotopic (exact) mass is 633 g/mol. The van der Waals surface area contributed by atoms with Gasteiger partial charge < -0.3 is 15.3 Å². The van der Waals surface area contributed by atoms with Crippen LogP contribution in [0.1, 0.15) is 0 Å². The van der Waals surface area contributed by atoms with Crippen molar-refractivity contribution in [1.29, 1.82) is 0 Å². The van der Waals surface area contributed by atoms with E-state index in [0.717, 1.165) is 45.0 Å². The van der Waals surface area contributed by atoms with Gasteiger partial charge in [0, 0.05) is 22.3 Å². The summed E-state index contributed by atoms with van der Waals surface area (Å²) in [5, 5.41) is 14.8. The maximum atomic E-state index is 8.25. The predicted octanol–water partition coefficient (Wildman–Crippen LogP) is 7.38. The molecule has 0 aliphatic carbocycles. The van der Waals surface area contributed by atoms with Crippen molar-refractivity contribution in [2.75, 3.05) is 0 Å². The van der Waals surface area contributed by atoms with Gasteiger partial charge in [0.15, 0.2) is 0 Å². The Bertz CT molecular complexity index is 1390. The summed E-state index contributed by atoms with van der Waals surface area (Å²) in [6.45, 7) is 0. The number of nitrogens with zero attached hydrogens (tertiary/aromatic N) is 5. The molecule has 0 N–H and O–H groups in total. The van der Waals surface area contributed by atoms with Crippen LogP contribution < -0.4 is 0 Å². The molecule has 2 heterocycles. The largest absolute Gasteiger partial charge is 1.00 e. The second-order valence-corrected chi connectivity index (χ2v) is 8.27. The second-order valence-electron chi connectivity index (χ2n) is 8.27. The summed E-state index contributed by atoms with van der Waals surface area (Å²) in [4.78, 5) is 26.1. The van der Waals surface area contributed by atoms with E-state index >= 15 is 0 Å². The van der Waals surface area contributed by atoms with Crippen LogP contribution in [0.15, 0.2) is 146 Å². The summed E-state index contributed by atoms with van der Waals surface area (Å²) < 4.78 is 0. The summed E-state index contributed by atoms with van der Waals surface area (Å²) in [6, 6.07) is 40.4. The molecule has 0 fully saturated rings. The molecule has 0 bridgehead atoms. The first-order valence-electron chi connectivity index (χ1n) is 12.3. The maximum Gasteiger partial charge on any atom is 1.00 e. The Hall–Kier alpha value is -5.02. The molecule has 6 rings (SSSR count). The third kappa shape index (κ3) is 9.59. The minimum Gasteiger partial charge on any atom is -0.356 e. The van der Waals surface area contributed by atoms with Gasteiger partial charge in [0.1, 0.15) is 0 Å². The summed E-state index contributed by atoms with van der Waals surface area (Å²) in [7, 11) is 0. The Morgan fingerprint density at radius 2 is 0.610 bits per heavy atom. The van der Waals surface area contributed by atoms with Gasteiger partial charge >= 0.3 is 22.4 Å². The molecule has 0 saturated heterocycles. The molecule has 6 aromatic rings. The van der Waals surface area contributed by atoms with Crippen molar-refractivity contribution in [3.63, 3.8) is 0 Å². The van der Waals surface area contributed by atoms with E-state index < -0.39 is 5.09 Å². The van der Waals surface area contributed by atoms with Crippen LogP contribution in [0.25, 0.3) is 45.0 Å². The van der Waals surface area contributed by atoms with E-state index in [1.807, 2.05) is 121 Å². The molecule has 0 unspecified atom stereocenters. The van der Waals surface area contributed by atoms with E-state index in [1.165, 1.54) is 0 Å². The molecule has 0 spiro atoms. The zero-order valence-corrected chi connectivity index (χ0v) is 23.1. The third-order valence-corrected chi connectivity index (χ3v) is 5.55. The summed E-state index contributed by atoms with van der Waals surface area (Å²) in [6.07, 6.45) is 7.17. The van der Waals surface area contributed by atoms with Gasteiger partial charge in [0.05, 0.1) is 52.6 Å². The molecule has 0 aliphatic heterocycles. The molecular weight excluding hydrogens is 610 g/mol. The average molecular weight is 634 g/mol. The maximum absolute atomic E-state index is 8.25. The van der Waals surface area contributed by atoms with E-state index in [0.29, 0.717) is 0 Å². The van der Waals surface area contributed by atoms with Gasteiger partial charge in [-0.3, -0.25) is 9.97 Å². The molecule has 2 aromatic heterocycles. The van der Waals surface area contributed by atoms with E-state index in [1.54, 1.807) is 24.8 Å². The minimum absolute atomic E-state index is 0. The Balaban J connectivity index is 0.000000196. The fourth-order valence-electron chi connectivity index (χ4n) is 3.72. The van der Waals surface area contributed by atoms with Crippen molar-refractivity contribution in [2.24, 2.45) is 0 Å². The molecule has 0 radical (unpaired) electrons. The van der Waals surface area contributed by atoms with Gasteiger partial charge in [0.2, 0.25) is 0 Å². The molecule has 9 heteroatoms. The molecule has 0 amide bonds. The molecule has 0 atom stereocenters. The predicted molar refractivity (Wildman–Crippen MR) is 156 cm³/mol. The third-order valence-electron chi connectivity index (χ3n) is 5.55. The van der Waals surface area contributed by atoms with Gasteiger partial charge in [-0.1, -0.05) is 121 Å². The fraction of sp³-hybridized carbons (Fsp3) is 0. The van der Waals surface area contributed by atoms with Crippen molar-refractivity contribution < 1.29 is 27.5 Å². The molecule has 206 valence electrons. The van der Waals surface area contributed by atoms with Crippen LogP contribution in [0.3, 0.4) is 0 Å². The van der Waals surface area contributed by atoms with Crippen LogP contribution in [0, 0.1) is 15.3 Å². The van der Waals surface area contributed by atoms with Crippen LogP contribution in [0.4, 0.5) is 0 Å². The first-order chi connectivity index (χ1) is 19.6. The Morgan fingerprint density at radius 3 is 0.805 bits per heavy atom. The van der Waals surface area contributed by atoms with Crippen molar-refractivity contribution in [1.82, 2.24) is 19.9 Å². The fourth-order valence-corrected chi connectivity index (χ4v) is 3.72. The summed E-state index contributed by atoms with van der Waals surface area (Å²) >= 11 is 0. The van der Waals surface area contributed by atoms with E-state index in [2.05, 4.69) is 19.9 Å². The van der Waals surface area contributed by atoms with Gasteiger partial charge in [-0.15, -0.1) is 0 Å². The van der Waals surface area contributed by atoms with Gasteiger partial charge in [-0.05, 0) is 0 Å². The number of rotatable bonds is 4. The van der Waals surface area contributed by atoms with Gasteiger partial charge in [-0.25, -0.2) is 9.97 Å². The molecule has 8 nitrogen and oxygen atoms in total. The second kappa shape index (κ2) is 16.2. The van der Waals surface area contributed by atoms with Crippen molar-refractivity contribution in [3.8, 4) is 45.0 Å². The number of hydrogen-bond acceptors (Lipinski definition) is 7. The topological polar surface area (TPSA) is 118 Å². The smallest absolute Gasteiger partial charge is 0.356 e. The van der Waals surface area contributed by atoms with Crippen LogP contribution in [-0.2, 0) is 22.4 Å². The Kier molecular flexibility index (Phi) is 12.0. The standard InChI is InChI=1S/2C16H12N2.Ag.NO3/c2*1-3-7-13(8-4-1)15-11-17-12-16(18-15)14-9-5-2-6-10-14;;2-1(3)4/h2*1-12H;;/q;;+1;-1. The SMILES string of the molecule is O=[N+]([O-])[O-].[Ag+].c1ccc(-c2cncc(-c3ccccc3)n2)cc1.c1ccc(-c2cncc(-c3ccccc3)n2)cc1. The van der Waals surface area contributed by atoms with Crippen molar-refractivity contribution in [3.05, 3.63) is 161 Å². The molecule has 0 aliphatic rings. The van der Waals surface area contributed by atoms with Crippen LogP contribution >= 0.6 is 0 Å². The van der Waals surface area contributed by atoms with Gasteiger partial charge in [0.25, 0.3) is 0 Å². The average Bonchev–Trinajstić information content (AvgIpc) is 3.03. The first kappa shape index (κ1) is 30.5. The van der Waals surface area contributed by atoms with E-state index in [-0.39, 0.29) is 22.4 Å². The van der Waals surface area contributed by atoms with E-state index in [9.17, 15) is 0 Å². The number of benzene rings is 4. The van der Waals surface area contributed by atoms with E-state index in [4.69, 9.17) is 15.3 Å². The molecule has 4 aromatic carbocycles.